The first kappa shape index (κ1) is 20.3. The summed E-state index contributed by atoms with van der Waals surface area (Å²) in [4.78, 5) is 38.6. The number of hydrogen-bond acceptors (Lipinski definition) is 4. The van der Waals surface area contributed by atoms with E-state index in [-0.39, 0.29) is 35.1 Å². The summed E-state index contributed by atoms with van der Waals surface area (Å²) < 4.78 is 0. The van der Waals surface area contributed by atoms with E-state index in [0.717, 1.165) is 5.56 Å². The lowest BCUT2D eigenvalue weighted by Gasteiger charge is -2.43. The molecule has 7 heteroatoms. The van der Waals surface area contributed by atoms with Crippen LogP contribution in [0.3, 0.4) is 0 Å². The van der Waals surface area contributed by atoms with Crippen LogP contribution >= 0.6 is 11.6 Å². The van der Waals surface area contributed by atoms with Gasteiger partial charge in [0.05, 0.1) is 4.92 Å². The van der Waals surface area contributed by atoms with Gasteiger partial charge in [0.1, 0.15) is 0 Å². The molecule has 0 N–H and O–H groups in total. The summed E-state index contributed by atoms with van der Waals surface area (Å²) in [7, 11) is 0. The van der Waals surface area contributed by atoms with Crippen molar-refractivity contribution in [2.24, 2.45) is 5.41 Å². The second-order valence-corrected chi connectivity index (χ2v) is 9.05. The van der Waals surface area contributed by atoms with Crippen molar-refractivity contribution in [3.8, 4) is 0 Å². The minimum Gasteiger partial charge on any atom is -0.294 e. The standard InChI is InChI=1S/C23H21ClN2O4/c1-23(2)12-19-22(20(27)13-23)18(14-4-3-5-15(24)10-14)11-21(28)25(19)16-6-8-17(9-7-16)26(29)30/h3-10,18H,11-13H2,1-2H3. The molecular formula is C23H21ClN2O4. The van der Waals surface area contributed by atoms with Crippen molar-refractivity contribution in [3.63, 3.8) is 0 Å². The van der Waals surface area contributed by atoms with Gasteiger partial charge in [0.25, 0.3) is 5.69 Å². The molecule has 0 bridgehead atoms. The summed E-state index contributed by atoms with van der Waals surface area (Å²) in [5, 5.41) is 11.6. The summed E-state index contributed by atoms with van der Waals surface area (Å²) in [5.74, 6) is -0.451. The van der Waals surface area contributed by atoms with Crippen LogP contribution in [0.1, 0.15) is 44.6 Å². The molecule has 1 aliphatic carbocycles. The third-order valence-corrected chi connectivity index (χ3v) is 5.95. The van der Waals surface area contributed by atoms with Gasteiger partial charge in [-0.2, -0.15) is 0 Å². The quantitative estimate of drug-likeness (QED) is 0.487. The number of allylic oxidation sites excluding steroid dienone is 2. The summed E-state index contributed by atoms with van der Waals surface area (Å²) in [6, 6.07) is 13.2. The van der Waals surface area contributed by atoms with E-state index in [2.05, 4.69) is 0 Å². The number of anilines is 1. The number of Topliss-reactive ketones (excluding diaryl/α,β-unsaturated/α-hetero) is 1. The zero-order valence-electron chi connectivity index (χ0n) is 16.7. The van der Waals surface area contributed by atoms with Crippen molar-refractivity contribution in [2.45, 2.75) is 39.0 Å². The van der Waals surface area contributed by atoms with Crippen LogP contribution in [0.2, 0.25) is 5.02 Å². The largest absolute Gasteiger partial charge is 0.294 e. The monoisotopic (exact) mass is 424 g/mol. The van der Waals surface area contributed by atoms with E-state index in [1.54, 1.807) is 29.2 Å². The molecule has 0 spiro atoms. The lowest BCUT2D eigenvalue weighted by molar-refractivity contribution is -0.384. The normalized spacial score (nSPS) is 20.9. The zero-order chi connectivity index (χ0) is 21.6. The van der Waals surface area contributed by atoms with Crippen LogP contribution in [0.5, 0.6) is 0 Å². The van der Waals surface area contributed by atoms with Gasteiger partial charge in [-0.3, -0.25) is 24.6 Å². The highest BCUT2D eigenvalue weighted by Crippen LogP contribution is 2.48. The molecule has 0 aromatic heterocycles. The first-order valence-corrected chi connectivity index (χ1v) is 10.1. The van der Waals surface area contributed by atoms with Crippen LogP contribution in [0.4, 0.5) is 11.4 Å². The fraction of sp³-hybridized carbons (Fsp3) is 0.304. The van der Waals surface area contributed by atoms with Crippen molar-refractivity contribution in [1.29, 1.82) is 0 Å². The Kier molecular flexibility index (Phi) is 4.98. The summed E-state index contributed by atoms with van der Waals surface area (Å²) >= 11 is 6.17. The third kappa shape index (κ3) is 3.63. The first-order valence-electron chi connectivity index (χ1n) is 9.75. The second-order valence-electron chi connectivity index (χ2n) is 8.62. The molecule has 0 radical (unpaired) electrons. The van der Waals surface area contributed by atoms with Crippen molar-refractivity contribution in [3.05, 3.63) is 80.5 Å². The zero-order valence-corrected chi connectivity index (χ0v) is 17.5. The summed E-state index contributed by atoms with van der Waals surface area (Å²) in [6.07, 6.45) is 1.11. The Morgan fingerprint density at radius 2 is 1.80 bits per heavy atom. The molecule has 1 atom stereocenters. The molecule has 4 rings (SSSR count). The van der Waals surface area contributed by atoms with Crippen LogP contribution in [0.15, 0.2) is 59.8 Å². The molecule has 6 nitrogen and oxygen atoms in total. The third-order valence-electron chi connectivity index (χ3n) is 5.71. The topological polar surface area (TPSA) is 80.5 Å². The van der Waals surface area contributed by atoms with E-state index in [1.165, 1.54) is 12.1 Å². The number of halogens is 1. The molecular weight excluding hydrogens is 404 g/mol. The maximum atomic E-state index is 13.3. The first-order chi connectivity index (χ1) is 14.2. The van der Waals surface area contributed by atoms with Gasteiger partial charge in [0.15, 0.2) is 5.78 Å². The molecule has 1 aliphatic heterocycles. The Balaban J connectivity index is 1.87. The van der Waals surface area contributed by atoms with Crippen molar-refractivity contribution in [2.75, 3.05) is 4.90 Å². The number of benzene rings is 2. The van der Waals surface area contributed by atoms with Crippen LogP contribution in [-0.4, -0.2) is 16.6 Å². The van der Waals surface area contributed by atoms with Crippen LogP contribution in [-0.2, 0) is 9.59 Å². The molecule has 154 valence electrons. The van der Waals surface area contributed by atoms with Gasteiger partial charge >= 0.3 is 0 Å². The lowest BCUT2D eigenvalue weighted by Crippen LogP contribution is -2.43. The second kappa shape index (κ2) is 7.36. The average molecular weight is 425 g/mol. The van der Waals surface area contributed by atoms with Gasteiger partial charge in [-0.15, -0.1) is 0 Å². The predicted octanol–water partition coefficient (Wildman–Crippen LogP) is 5.41. The molecule has 1 unspecified atom stereocenters. The smallest absolute Gasteiger partial charge is 0.269 e. The lowest BCUT2D eigenvalue weighted by atomic mass is 9.69. The van der Waals surface area contributed by atoms with E-state index in [1.807, 2.05) is 26.0 Å². The van der Waals surface area contributed by atoms with Crippen LogP contribution in [0, 0.1) is 15.5 Å². The van der Waals surface area contributed by atoms with Gasteiger partial charge in [-0.25, -0.2) is 0 Å². The van der Waals surface area contributed by atoms with E-state index in [4.69, 9.17) is 11.6 Å². The highest BCUT2D eigenvalue weighted by atomic mass is 35.5. The number of non-ortho nitro benzene ring substituents is 1. The SMILES string of the molecule is CC1(C)CC(=O)C2=C(C1)N(c1ccc([N+](=O)[O-])cc1)C(=O)CC2c1cccc(Cl)c1. The number of carbonyl (C=O) groups excluding carboxylic acids is 2. The molecule has 1 heterocycles. The van der Waals surface area contributed by atoms with Crippen molar-refractivity contribution in [1.82, 2.24) is 0 Å². The van der Waals surface area contributed by atoms with Gasteiger partial charge in [-0.1, -0.05) is 37.6 Å². The van der Waals surface area contributed by atoms with Crippen LogP contribution in [0.25, 0.3) is 0 Å². The van der Waals surface area contributed by atoms with E-state index >= 15 is 0 Å². The fourth-order valence-corrected chi connectivity index (χ4v) is 4.65. The highest BCUT2D eigenvalue weighted by molar-refractivity contribution is 6.30. The predicted molar refractivity (Wildman–Crippen MR) is 114 cm³/mol. The molecule has 1 amide bonds. The molecule has 2 aliphatic rings. The Labute approximate surface area is 179 Å². The maximum absolute atomic E-state index is 13.3. The molecule has 0 fully saturated rings. The Bertz CT molecular complexity index is 1090. The Morgan fingerprint density at radius 1 is 1.10 bits per heavy atom. The number of ketones is 1. The highest BCUT2D eigenvalue weighted by Gasteiger charge is 2.44. The van der Waals surface area contributed by atoms with E-state index in [9.17, 15) is 19.7 Å². The van der Waals surface area contributed by atoms with Gasteiger partial charge in [-0.05, 0) is 41.7 Å². The summed E-state index contributed by atoms with van der Waals surface area (Å²) in [6.45, 7) is 4.02. The maximum Gasteiger partial charge on any atom is 0.269 e. The minimum absolute atomic E-state index is 0.0330. The number of hydrogen-bond donors (Lipinski definition) is 0. The number of amides is 1. The molecule has 0 saturated carbocycles. The number of carbonyl (C=O) groups is 2. The van der Waals surface area contributed by atoms with Gasteiger partial charge in [0, 0.05) is 52.9 Å². The number of rotatable bonds is 3. The fourth-order valence-electron chi connectivity index (χ4n) is 4.45. The van der Waals surface area contributed by atoms with E-state index < -0.39 is 4.92 Å². The average Bonchev–Trinajstić information content (AvgIpc) is 2.66. The van der Waals surface area contributed by atoms with Gasteiger partial charge < -0.3 is 0 Å². The minimum atomic E-state index is -0.477. The molecule has 30 heavy (non-hydrogen) atoms. The van der Waals surface area contributed by atoms with Crippen LogP contribution < -0.4 is 4.90 Å². The Hall–Kier alpha value is -2.99. The number of nitro benzene ring substituents is 1. The van der Waals surface area contributed by atoms with Gasteiger partial charge in [0.2, 0.25) is 5.91 Å². The molecule has 0 saturated heterocycles. The molecule has 2 aromatic carbocycles. The Morgan fingerprint density at radius 3 is 2.43 bits per heavy atom. The molecule has 2 aromatic rings. The van der Waals surface area contributed by atoms with E-state index in [0.29, 0.717) is 34.8 Å². The number of nitro groups is 1. The summed E-state index contributed by atoms with van der Waals surface area (Å²) in [5.41, 5.74) is 2.38. The van der Waals surface area contributed by atoms with Crippen molar-refractivity contribution >= 4 is 34.7 Å². The van der Waals surface area contributed by atoms with Crippen molar-refractivity contribution < 1.29 is 14.5 Å². The number of nitrogens with zero attached hydrogens (tertiary/aromatic N) is 2.